The van der Waals surface area contributed by atoms with E-state index in [4.69, 9.17) is 20.5 Å². The smallest absolute Gasteiger partial charge is 0.303 e. The van der Waals surface area contributed by atoms with Gasteiger partial charge in [0.25, 0.3) is 9.05 Å². The number of hydrogen-bond acceptors (Lipinski definition) is 4. The Bertz CT molecular complexity index is 480. The van der Waals surface area contributed by atoms with Crippen LogP contribution in [0.5, 0.6) is 5.75 Å². The molecule has 1 aromatic carbocycles. The third-order valence-electron chi connectivity index (χ3n) is 1.91. The maximum absolute atomic E-state index is 10.9. The van der Waals surface area contributed by atoms with Crippen LogP contribution in [0.3, 0.4) is 0 Å². The summed E-state index contributed by atoms with van der Waals surface area (Å²) in [6, 6.07) is 5.59. The van der Waals surface area contributed by atoms with Crippen molar-refractivity contribution in [2.24, 2.45) is 0 Å². The Morgan fingerprint density at radius 2 is 1.88 bits per heavy atom. The van der Waals surface area contributed by atoms with Crippen molar-refractivity contribution in [2.75, 3.05) is 6.61 Å². The molecule has 0 atom stereocenters. The Balaban J connectivity index is 2.49. The number of halogens is 1. The van der Waals surface area contributed by atoms with E-state index in [2.05, 4.69) is 0 Å². The number of hydrogen-bond donors (Lipinski definition) is 1. The van der Waals surface area contributed by atoms with E-state index >= 15 is 0 Å². The standard InChI is InChI=1S/C10H11ClO5S/c11-17(14,15)9-5-3-8(4-6-9)16-7-1-2-10(12)13/h3-6H,1-2,7H2,(H,12,13). The summed E-state index contributed by atoms with van der Waals surface area (Å²) in [6.45, 7) is 0.263. The molecule has 0 amide bonds. The Hall–Kier alpha value is -1.27. The molecule has 0 unspecified atom stereocenters. The molecule has 1 aromatic rings. The zero-order valence-corrected chi connectivity index (χ0v) is 10.4. The monoisotopic (exact) mass is 278 g/mol. The molecule has 0 saturated heterocycles. The minimum Gasteiger partial charge on any atom is -0.494 e. The fourth-order valence-electron chi connectivity index (χ4n) is 1.11. The van der Waals surface area contributed by atoms with Gasteiger partial charge >= 0.3 is 5.97 Å². The van der Waals surface area contributed by atoms with Gasteiger partial charge < -0.3 is 9.84 Å². The van der Waals surface area contributed by atoms with Gasteiger partial charge in [-0.3, -0.25) is 4.79 Å². The molecule has 17 heavy (non-hydrogen) atoms. The second kappa shape index (κ2) is 5.88. The van der Waals surface area contributed by atoms with Gasteiger partial charge in [-0.05, 0) is 30.7 Å². The van der Waals surface area contributed by atoms with E-state index in [1.807, 2.05) is 0 Å². The molecule has 0 heterocycles. The molecule has 0 bridgehead atoms. The summed E-state index contributed by atoms with van der Waals surface area (Å²) in [5.74, 6) is -0.406. The second-order valence-corrected chi connectivity index (χ2v) is 5.82. The quantitative estimate of drug-likeness (QED) is 0.634. The van der Waals surface area contributed by atoms with E-state index in [1.54, 1.807) is 0 Å². The van der Waals surface area contributed by atoms with Crippen LogP contribution in [0.15, 0.2) is 29.2 Å². The molecule has 1 rings (SSSR count). The van der Waals surface area contributed by atoms with Crippen molar-refractivity contribution in [3.8, 4) is 5.75 Å². The zero-order valence-electron chi connectivity index (χ0n) is 8.80. The predicted molar refractivity (Wildman–Crippen MR) is 61.8 cm³/mol. The predicted octanol–water partition coefficient (Wildman–Crippen LogP) is 1.86. The number of ether oxygens (including phenoxy) is 1. The van der Waals surface area contributed by atoms with Gasteiger partial charge in [0.15, 0.2) is 0 Å². The number of aliphatic carboxylic acids is 1. The van der Waals surface area contributed by atoms with Crippen molar-refractivity contribution in [1.82, 2.24) is 0 Å². The Morgan fingerprint density at radius 3 is 2.35 bits per heavy atom. The van der Waals surface area contributed by atoms with Crippen LogP contribution in [-0.2, 0) is 13.8 Å². The zero-order chi connectivity index (χ0) is 12.9. The van der Waals surface area contributed by atoms with E-state index in [-0.39, 0.29) is 17.9 Å². The molecule has 1 N–H and O–H groups in total. The van der Waals surface area contributed by atoms with Crippen molar-refractivity contribution in [1.29, 1.82) is 0 Å². The van der Waals surface area contributed by atoms with Crippen LogP contribution in [0.1, 0.15) is 12.8 Å². The van der Waals surface area contributed by atoms with Gasteiger partial charge in [-0.15, -0.1) is 0 Å². The largest absolute Gasteiger partial charge is 0.494 e. The Morgan fingerprint density at radius 1 is 1.29 bits per heavy atom. The third kappa shape index (κ3) is 5.06. The summed E-state index contributed by atoms with van der Waals surface area (Å²) < 4.78 is 27.1. The lowest BCUT2D eigenvalue weighted by atomic mass is 10.3. The highest BCUT2D eigenvalue weighted by atomic mass is 35.7. The molecule has 0 aliphatic carbocycles. The van der Waals surface area contributed by atoms with Gasteiger partial charge in [-0.1, -0.05) is 0 Å². The molecule has 0 saturated carbocycles. The highest BCUT2D eigenvalue weighted by Gasteiger charge is 2.09. The topological polar surface area (TPSA) is 80.7 Å². The minimum absolute atomic E-state index is 0.00273. The second-order valence-electron chi connectivity index (χ2n) is 3.26. The summed E-state index contributed by atoms with van der Waals surface area (Å²) >= 11 is 0. The van der Waals surface area contributed by atoms with Crippen LogP contribution >= 0.6 is 10.7 Å². The van der Waals surface area contributed by atoms with Crippen molar-refractivity contribution in [2.45, 2.75) is 17.7 Å². The summed E-state index contributed by atoms with van der Waals surface area (Å²) in [5, 5.41) is 8.40. The number of carbonyl (C=O) groups is 1. The minimum atomic E-state index is -3.72. The van der Waals surface area contributed by atoms with Gasteiger partial charge in [-0.2, -0.15) is 0 Å². The van der Waals surface area contributed by atoms with Gasteiger partial charge in [0.05, 0.1) is 11.5 Å². The molecular formula is C10H11ClO5S. The van der Waals surface area contributed by atoms with E-state index < -0.39 is 15.0 Å². The van der Waals surface area contributed by atoms with Crippen molar-refractivity contribution in [3.63, 3.8) is 0 Å². The number of benzene rings is 1. The molecular weight excluding hydrogens is 268 g/mol. The first-order valence-electron chi connectivity index (χ1n) is 4.79. The van der Waals surface area contributed by atoms with Crippen LogP contribution in [0.4, 0.5) is 0 Å². The Kier molecular flexibility index (Phi) is 4.77. The molecule has 7 heteroatoms. The molecule has 0 spiro atoms. The summed E-state index contributed by atoms with van der Waals surface area (Å²) in [6.07, 6.45) is 0.430. The summed E-state index contributed by atoms with van der Waals surface area (Å²) in [5.41, 5.74) is 0. The van der Waals surface area contributed by atoms with Crippen LogP contribution in [0, 0.1) is 0 Å². The SMILES string of the molecule is O=C(O)CCCOc1ccc(S(=O)(=O)Cl)cc1. The van der Waals surface area contributed by atoms with E-state index in [1.165, 1.54) is 24.3 Å². The average Bonchev–Trinajstić information content (AvgIpc) is 2.23. The first-order chi connectivity index (χ1) is 7.89. The fraction of sp³-hybridized carbons (Fsp3) is 0.300. The van der Waals surface area contributed by atoms with Crippen LogP contribution < -0.4 is 4.74 Å². The molecule has 0 aliphatic rings. The number of rotatable bonds is 6. The molecule has 0 fully saturated rings. The normalized spacial score (nSPS) is 11.1. The Labute approximate surface area is 103 Å². The van der Waals surface area contributed by atoms with Crippen LogP contribution in [0.2, 0.25) is 0 Å². The maximum Gasteiger partial charge on any atom is 0.303 e. The van der Waals surface area contributed by atoms with Gasteiger partial charge in [0.1, 0.15) is 5.75 Å². The molecule has 94 valence electrons. The van der Waals surface area contributed by atoms with Gasteiger partial charge in [-0.25, -0.2) is 8.42 Å². The lowest BCUT2D eigenvalue weighted by Gasteiger charge is -2.05. The van der Waals surface area contributed by atoms with E-state index in [9.17, 15) is 13.2 Å². The first kappa shape index (κ1) is 13.8. The number of carboxylic acids is 1. The van der Waals surface area contributed by atoms with Gasteiger partial charge in [0, 0.05) is 17.1 Å². The van der Waals surface area contributed by atoms with Crippen LogP contribution in [-0.4, -0.2) is 26.1 Å². The average molecular weight is 279 g/mol. The van der Waals surface area contributed by atoms with Crippen molar-refractivity contribution >= 4 is 25.7 Å². The lowest BCUT2D eigenvalue weighted by molar-refractivity contribution is -0.137. The van der Waals surface area contributed by atoms with E-state index in [0.29, 0.717) is 12.2 Å². The maximum atomic E-state index is 10.9. The highest BCUT2D eigenvalue weighted by Crippen LogP contribution is 2.19. The molecule has 0 radical (unpaired) electrons. The van der Waals surface area contributed by atoms with Gasteiger partial charge in [0.2, 0.25) is 0 Å². The third-order valence-corrected chi connectivity index (χ3v) is 3.28. The summed E-state index contributed by atoms with van der Waals surface area (Å²) in [7, 11) is 1.42. The van der Waals surface area contributed by atoms with Crippen molar-refractivity contribution in [3.05, 3.63) is 24.3 Å². The van der Waals surface area contributed by atoms with E-state index in [0.717, 1.165) is 0 Å². The van der Waals surface area contributed by atoms with Crippen molar-refractivity contribution < 1.29 is 23.1 Å². The molecule has 0 aliphatic heterocycles. The molecule has 0 aromatic heterocycles. The molecule has 5 nitrogen and oxygen atoms in total. The highest BCUT2D eigenvalue weighted by molar-refractivity contribution is 8.13. The first-order valence-corrected chi connectivity index (χ1v) is 7.10. The fourth-order valence-corrected chi connectivity index (χ4v) is 1.88. The summed E-state index contributed by atoms with van der Waals surface area (Å²) in [4.78, 5) is 10.2. The lowest BCUT2D eigenvalue weighted by Crippen LogP contribution is -2.02. The number of carboxylic acid groups (broad SMARTS) is 1. The van der Waals surface area contributed by atoms with Crippen LogP contribution in [0.25, 0.3) is 0 Å².